The Kier molecular flexibility index (Phi) is 2.00. The van der Waals surface area contributed by atoms with Crippen molar-refractivity contribution in [3.05, 3.63) is 11.9 Å². The Morgan fingerprint density at radius 1 is 1.69 bits per heavy atom. The van der Waals surface area contributed by atoms with Crippen molar-refractivity contribution >= 4 is 5.97 Å². The average Bonchev–Trinajstić information content (AvgIpc) is 2.79. The second kappa shape index (κ2) is 3.16. The van der Waals surface area contributed by atoms with E-state index in [-0.39, 0.29) is 5.69 Å². The summed E-state index contributed by atoms with van der Waals surface area (Å²) in [4.78, 5) is 10.4. The Morgan fingerprint density at radius 3 is 3.00 bits per heavy atom. The Bertz CT molecular complexity index is 317. The molecule has 13 heavy (non-hydrogen) atoms. The highest BCUT2D eigenvalue weighted by Gasteiger charge is 2.21. The number of carboxylic acids is 1. The molecular weight excluding hydrogens is 170 g/mol. The molecule has 5 nitrogen and oxygen atoms in total. The molecule has 0 radical (unpaired) electrons. The fraction of sp³-hybridized carbons (Fsp3) is 0.625. The van der Waals surface area contributed by atoms with Crippen LogP contribution in [0.4, 0.5) is 0 Å². The maximum atomic E-state index is 10.4. The van der Waals surface area contributed by atoms with Crippen LogP contribution in [0, 0.1) is 5.92 Å². The van der Waals surface area contributed by atoms with E-state index in [4.69, 9.17) is 5.11 Å². The third kappa shape index (κ3) is 2.05. The van der Waals surface area contributed by atoms with Crippen molar-refractivity contribution in [2.24, 2.45) is 5.92 Å². The third-order valence-electron chi connectivity index (χ3n) is 2.22. The van der Waals surface area contributed by atoms with Crippen LogP contribution >= 0.6 is 0 Å². The van der Waals surface area contributed by atoms with Gasteiger partial charge in [-0.2, -0.15) is 0 Å². The summed E-state index contributed by atoms with van der Waals surface area (Å²) in [6.07, 6.45) is 5.17. The fourth-order valence-corrected chi connectivity index (χ4v) is 1.23. The minimum atomic E-state index is -1.02. The number of aromatic nitrogens is 3. The standard InChI is InChI=1S/C8H11N3O2/c12-8(13)7-5-11(10-9-7)4-3-6-1-2-6/h5-6H,1-4H2,(H,12,13). The van der Waals surface area contributed by atoms with Crippen LogP contribution in [-0.4, -0.2) is 26.1 Å². The van der Waals surface area contributed by atoms with Gasteiger partial charge >= 0.3 is 5.97 Å². The summed E-state index contributed by atoms with van der Waals surface area (Å²) in [5.74, 6) is -0.185. The maximum absolute atomic E-state index is 10.4. The Hall–Kier alpha value is -1.39. The van der Waals surface area contributed by atoms with E-state index in [1.165, 1.54) is 19.0 Å². The van der Waals surface area contributed by atoms with Gasteiger partial charge in [0.2, 0.25) is 0 Å². The van der Waals surface area contributed by atoms with Gasteiger partial charge in [0.25, 0.3) is 0 Å². The summed E-state index contributed by atoms with van der Waals surface area (Å²) >= 11 is 0. The van der Waals surface area contributed by atoms with Crippen LogP contribution in [0.1, 0.15) is 29.8 Å². The monoisotopic (exact) mass is 181 g/mol. The molecule has 0 amide bonds. The van der Waals surface area contributed by atoms with Crippen molar-refractivity contribution in [1.29, 1.82) is 0 Å². The van der Waals surface area contributed by atoms with Crippen molar-refractivity contribution < 1.29 is 9.90 Å². The number of rotatable bonds is 4. The first-order valence-electron chi connectivity index (χ1n) is 4.39. The molecule has 1 fully saturated rings. The molecule has 0 aliphatic heterocycles. The Labute approximate surface area is 75.4 Å². The number of aryl methyl sites for hydroxylation is 1. The first-order valence-corrected chi connectivity index (χ1v) is 4.39. The van der Waals surface area contributed by atoms with Gasteiger partial charge in [0.05, 0.1) is 6.20 Å². The van der Waals surface area contributed by atoms with E-state index in [0.717, 1.165) is 18.9 Å². The van der Waals surface area contributed by atoms with Crippen LogP contribution < -0.4 is 0 Å². The first kappa shape index (κ1) is 8.22. The van der Waals surface area contributed by atoms with Crippen LogP contribution in [-0.2, 0) is 6.54 Å². The minimum absolute atomic E-state index is 0.0239. The number of hydrogen-bond acceptors (Lipinski definition) is 3. The van der Waals surface area contributed by atoms with Gasteiger partial charge in [0.1, 0.15) is 0 Å². The summed E-state index contributed by atoms with van der Waals surface area (Å²) in [7, 11) is 0. The Balaban J connectivity index is 1.92. The molecule has 2 rings (SSSR count). The summed E-state index contributed by atoms with van der Waals surface area (Å²) in [5, 5.41) is 15.8. The van der Waals surface area contributed by atoms with Gasteiger partial charge in [-0.1, -0.05) is 18.1 Å². The number of nitrogens with zero attached hydrogens (tertiary/aromatic N) is 3. The van der Waals surface area contributed by atoms with Crippen LogP contribution in [0.5, 0.6) is 0 Å². The molecular formula is C8H11N3O2. The largest absolute Gasteiger partial charge is 0.476 e. The number of carbonyl (C=O) groups is 1. The van der Waals surface area contributed by atoms with Gasteiger partial charge in [-0.15, -0.1) is 5.10 Å². The van der Waals surface area contributed by atoms with E-state index in [2.05, 4.69) is 10.3 Å². The summed E-state index contributed by atoms with van der Waals surface area (Å²) in [5.41, 5.74) is 0.0239. The molecule has 0 bridgehead atoms. The van der Waals surface area contributed by atoms with Crippen molar-refractivity contribution in [3.63, 3.8) is 0 Å². The highest BCUT2D eigenvalue weighted by Crippen LogP contribution is 2.32. The van der Waals surface area contributed by atoms with Crippen LogP contribution in [0.2, 0.25) is 0 Å². The first-order chi connectivity index (χ1) is 6.25. The molecule has 1 heterocycles. The van der Waals surface area contributed by atoms with E-state index in [1.807, 2.05) is 0 Å². The zero-order valence-electron chi connectivity index (χ0n) is 7.18. The van der Waals surface area contributed by atoms with E-state index in [9.17, 15) is 4.79 Å². The van der Waals surface area contributed by atoms with Crippen molar-refractivity contribution in [2.75, 3.05) is 0 Å². The van der Waals surface area contributed by atoms with Crippen molar-refractivity contribution in [3.8, 4) is 0 Å². The number of aromatic carboxylic acids is 1. The molecule has 0 saturated heterocycles. The molecule has 0 aromatic carbocycles. The highest BCUT2D eigenvalue weighted by atomic mass is 16.4. The highest BCUT2D eigenvalue weighted by molar-refractivity contribution is 5.84. The van der Waals surface area contributed by atoms with E-state index >= 15 is 0 Å². The minimum Gasteiger partial charge on any atom is -0.476 e. The van der Waals surface area contributed by atoms with E-state index in [1.54, 1.807) is 4.68 Å². The zero-order valence-corrected chi connectivity index (χ0v) is 7.18. The van der Waals surface area contributed by atoms with Gasteiger partial charge in [0.15, 0.2) is 5.69 Å². The second-order valence-electron chi connectivity index (χ2n) is 3.40. The quantitative estimate of drug-likeness (QED) is 0.745. The van der Waals surface area contributed by atoms with Gasteiger partial charge in [0, 0.05) is 6.54 Å². The van der Waals surface area contributed by atoms with Crippen LogP contribution in [0.25, 0.3) is 0 Å². The molecule has 1 N–H and O–H groups in total. The molecule has 0 spiro atoms. The van der Waals surface area contributed by atoms with Gasteiger partial charge in [-0.3, -0.25) is 4.68 Å². The number of carboxylic acid groups (broad SMARTS) is 1. The van der Waals surface area contributed by atoms with E-state index < -0.39 is 5.97 Å². The lowest BCUT2D eigenvalue weighted by Gasteiger charge is -1.96. The summed E-state index contributed by atoms with van der Waals surface area (Å²) < 4.78 is 1.60. The number of hydrogen-bond donors (Lipinski definition) is 1. The maximum Gasteiger partial charge on any atom is 0.358 e. The van der Waals surface area contributed by atoms with Crippen molar-refractivity contribution in [1.82, 2.24) is 15.0 Å². The molecule has 1 aliphatic rings. The molecule has 70 valence electrons. The van der Waals surface area contributed by atoms with Gasteiger partial charge in [-0.25, -0.2) is 4.79 Å². The lowest BCUT2D eigenvalue weighted by molar-refractivity contribution is 0.0690. The predicted molar refractivity (Wildman–Crippen MR) is 44.3 cm³/mol. The normalized spacial score (nSPS) is 16.0. The Morgan fingerprint density at radius 2 is 2.46 bits per heavy atom. The SMILES string of the molecule is O=C(O)c1cn(CCC2CC2)nn1. The van der Waals surface area contributed by atoms with Gasteiger partial charge in [-0.05, 0) is 12.3 Å². The predicted octanol–water partition coefficient (Wildman–Crippen LogP) is 0.776. The molecule has 5 heteroatoms. The molecule has 0 atom stereocenters. The average molecular weight is 181 g/mol. The summed E-state index contributed by atoms with van der Waals surface area (Å²) in [6, 6.07) is 0. The molecule has 0 unspecified atom stereocenters. The van der Waals surface area contributed by atoms with Crippen molar-refractivity contribution in [2.45, 2.75) is 25.8 Å². The zero-order chi connectivity index (χ0) is 9.26. The van der Waals surface area contributed by atoms with Crippen LogP contribution in [0.15, 0.2) is 6.20 Å². The molecule has 1 aliphatic carbocycles. The lowest BCUT2D eigenvalue weighted by Crippen LogP contribution is -1.99. The van der Waals surface area contributed by atoms with E-state index in [0.29, 0.717) is 0 Å². The smallest absolute Gasteiger partial charge is 0.358 e. The second-order valence-corrected chi connectivity index (χ2v) is 3.40. The molecule has 1 aromatic rings. The summed E-state index contributed by atoms with van der Waals surface area (Å²) in [6.45, 7) is 0.783. The van der Waals surface area contributed by atoms with Gasteiger partial charge < -0.3 is 5.11 Å². The third-order valence-corrected chi connectivity index (χ3v) is 2.22. The topological polar surface area (TPSA) is 68.0 Å². The fourth-order valence-electron chi connectivity index (χ4n) is 1.23. The van der Waals surface area contributed by atoms with Crippen LogP contribution in [0.3, 0.4) is 0 Å². The molecule has 1 aromatic heterocycles. The lowest BCUT2D eigenvalue weighted by atomic mass is 10.3. The molecule has 1 saturated carbocycles.